The zero-order chi connectivity index (χ0) is 31.2. The van der Waals surface area contributed by atoms with Crippen molar-refractivity contribution in [3.8, 4) is 11.5 Å². The van der Waals surface area contributed by atoms with Crippen molar-refractivity contribution in [1.29, 1.82) is 0 Å². The zero-order valence-corrected chi connectivity index (χ0v) is 27.3. The van der Waals surface area contributed by atoms with E-state index in [0.717, 1.165) is 40.7 Å². The molecule has 0 saturated carbocycles. The van der Waals surface area contributed by atoms with Crippen LogP contribution in [0.5, 0.6) is 11.5 Å². The third kappa shape index (κ3) is 11.6. The first kappa shape index (κ1) is 33.5. The van der Waals surface area contributed by atoms with Gasteiger partial charge in [-0.3, -0.25) is 0 Å². The Kier molecular flexibility index (Phi) is 13.1. The Balaban J connectivity index is 1.25. The minimum Gasteiger partial charge on any atom is -0.494 e. The van der Waals surface area contributed by atoms with Gasteiger partial charge in [0.2, 0.25) is 0 Å². The molecule has 2 unspecified atom stereocenters. The standard InChI is InChI=1S/C35H47NO7Si/c1-44(2,3)22-21-40-27-43-32-12-7-11-29(23-32)26-42-34-24-36(35(37)38)18-17-33(34)30-13-15-31(16-14-30)41-20-8-19-39-25-28-9-5-4-6-10-28/h4-7,9-16,23,33-34H,8,17-22,24-27H2,1-3H3,(H,37,38). The highest BCUT2D eigenvalue weighted by Crippen LogP contribution is 2.32. The second kappa shape index (κ2) is 17.2. The molecule has 0 aliphatic carbocycles. The third-order valence-electron chi connectivity index (χ3n) is 7.62. The molecule has 1 fully saturated rings. The van der Waals surface area contributed by atoms with Crippen LogP contribution in [0.4, 0.5) is 4.79 Å². The molecule has 0 spiro atoms. The van der Waals surface area contributed by atoms with Crippen LogP contribution in [0.15, 0.2) is 78.9 Å². The number of hydrogen-bond acceptors (Lipinski definition) is 6. The summed E-state index contributed by atoms with van der Waals surface area (Å²) < 4.78 is 29.5. The largest absolute Gasteiger partial charge is 0.494 e. The van der Waals surface area contributed by atoms with Crippen molar-refractivity contribution >= 4 is 14.2 Å². The normalized spacial score (nSPS) is 16.9. The van der Waals surface area contributed by atoms with Gasteiger partial charge >= 0.3 is 6.09 Å². The van der Waals surface area contributed by atoms with Crippen LogP contribution in [0.25, 0.3) is 0 Å². The summed E-state index contributed by atoms with van der Waals surface area (Å²) in [4.78, 5) is 13.2. The summed E-state index contributed by atoms with van der Waals surface area (Å²) in [6, 6.07) is 27.1. The molecule has 1 N–H and O–H groups in total. The fraction of sp³-hybridized carbons (Fsp3) is 0.457. The van der Waals surface area contributed by atoms with Gasteiger partial charge in [0.15, 0.2) is 6.79 Å². The van der Waals surface area contributed by atoms with Crippen molar-refractivity contribution in [2.75, 3.05) is 39.7 Å². The number of likely N-dealkylation sites (tertiary alicyclic amines) is 1. The van der Waals surface area contributed by atoms with Crippen molar-refractivity contribution in [3.63, 3.8) is 0 Å². The molecular weight excluding hydrogens is 574 g/mol. The van der Waals surface area contributed by atoms with Gasteiger partial charge in [0.05, 0.1) is 39.1 Å². The maximum Gasteiger partial charge on any atom is 0.407 e. The lowest BCUT2D eigenvalue weighted by Crippen LogP contribution is -2.46. The lowest BCUT2D eigenvalue weighted by molar-refractivity contribution is -0.0201. The van der Waals surface area contributed by atoms with E-state index in [4.69, 9.17) is 23.7 Å². The highest BCUT2D eigenvalue weighted by Gasteiger charge is 2.33. The SMILES string of the molecule is C[Si](C)(C)CCOCOc1cccc(COC2CN(C(=O)O)CCC2c2ccc(OCCCOCc3ccccc3)cc2)c1. The number of rotatable bonds is 17. The maximum atomic E-state index is 11.8. The molecule has 1 heterocycles. The van der Waals surface area contributed by atoms with Crippen LogP contribution in [-0.4, -0.2) is 70.0 Å². The average molecular weight is 622 g/mol. The molecule has 0 bridgehead atoms. The van der Waals surface area contributed by atoms with Crippen molar-refractivity contribution in [3.05, 3.63) is 95.6 Å². The van der Waals surface area contributed by atoms with Crippen LogP contribution in [0.2, 0.25) is 25.7 Å². The molecule has 3 aromatic carbocycles. The van der Waals surface area contributed by atoms with E-state index in [-0.39, 0.29) is 18.8 Å². The Labute approximate surface area is 262 Å². The number of nitrogens with zero attached hydrogens (tertiary/aromatic N) is 1. The maximum absolute atomic E-state index is 11.8. The van der Waals surface area contributed by atoms with Crippen LogP contribution in [0, 0.1) is 0 Å². The van der Waals surface area contributed by atoms with E-state index in [1.54, 1.807) is 0 Å². The summed E-state index contributed by atoms with van der Waals surface area (Å²) in [7, 11) is -1.13. The Morgan fingerprint density at radius 3 is 2.36 bits per heavy atom. The molecule has 1 amide bonds. The number of carboxylic acid groups (broad SMARTS) is 1. The highest BCUT2D eigenvalue weighted by atomic mass is 28.3. The second-order valence-electron chi connectivity index (χ2n) is 12.4. The molecule has 44 heavy (non-hydrogen) atoms. The number of piperidine rings is 1. The summed E-state index contributed by atoms with van der Waals surface area (Å²) >= 11 is 0. The van der Waals surface area contributed by atoms with Gasteiger partial charge in [-0.1, -0.05) is 74.2 Å². The molecule has 9 heteroatoms. The van der Waals surface area contributed by atoms with Gasteiger partial charge < -0.3 is 33.7 Å². The first-order valence-electron chi connectivity index (χ1n) is 15.5. The molecular formula is C35H47NO7Si. The van der Waals surface area contributed by atoms with Crippen molar-refractivity contribution < 1.29 is 33.6 Å². The number of benzene rings is 3. The van der Waals surface area contributed by atoms with Crippen LogP contribution < -0.4 is 9.47 Å². The van der Waals surface area contributed by atoms with Gasteiger partial charge in [-0.2, -0.15) is 0 Å². The number of hydrogen-bond donors (Lipinski definition) is 1. The number of amides is 1. The number of carbonyl (C=O) groups is 1. The molecule has 1 saturated heterocycles. The summed E-state index contributed by atoms with van der Waals surface area (Å²) in [5, 5.41) is 9.65. The van der Waals surface area contributed by atoms with E-state index in [9.17, 15) is 9.90 Å². The molecule has 1 aliphatic rings. The van der Waals surface area contributed by atoms with Gasteiger partial charge in [-0.05, 0) is 53.4 Å². The van der Waals surface area contributed by atoms with Gasteiger partial charge in [-0.15, -0.1) is 0 Å². The summed E-state index contributed by atoms with van der Waals surface area (Å²) in [5.41, 5.74) is 3.25. The smallest absolute Gasteiger partial charge is 0.407 e. The molecule has 1 aliphatic heterocycles. The Bertz CT molecular complexity index is 1270. The van der Waals surface area contributed by atoms with E-state index < -0.39 is 14.2 Å². The van der Waals surface area contributed by atoms with Crippen molar-refractivity contribution in [1.82, 2.24) is 4.90 Å². The molecule has 0 aromatic heterocycles. The molecule has 0 radical (unpaired) electrons. The zero-order valence-electron chi connectivity index (χ0n) is 26.3. The van der Waals surface area contributed by atoms with E-state index >= 15 is 0 Å². The van der Waals surface area contributed by atoms with Crippen LogP contribution >= 0.6 is 0 Å². The minimum absolute atomic E-state index is 0.0743. The Morgan fingerprint density at radius 2 is 1.61 bits per heavy atom. The topological polar surface area (TPSA) is 86.7 Å². The highest BCUT2D eigenvalue weighted by molar-refractivity contribution is 6.76. The van der Waals surface area contributed by atoms with Crippen LogP contribution in [-0.2, 0) is 27.4 Å². The average Bonchev–Trinajstić information content (AvgIpc) is 3.02. The quantitative estimate of drug-likeness (QED) is 0.0954. The van der Waals surface area contributed by atoms with Crippen molar-refractivity contribution in [2.24, 2.45) is 0 Å². The van der Waals surface area contributed by atoms with Gasteiger partial charge in [0, 0.05) is 33.6 Å². The van der Waals surface area contributed by atoms with Gasteiger partial charge in [-0.25, -0.2) is 4.79 Å². The first-order chi connectivity index (χ1) is 21.3. The van der Waals surface area contributed by atoms with E-state index in [0.29, 0.717) is 52.5 Å². The summed E-state index contributed by atoms with van der Waals surface area (Å²) in [5.74, 6) is 1.61. The predicted molar refractivity (Wildman–Crippen MR) is 174 cm³/mol. The fourth-order valence-corrected chi connectivity index (χ4v) is 5.80. The monoisotopic (exact) mass is 621 g/mol. The molecule has 8 nitrogen and oxygen atoms in total. The summed E-state index contributed by atoms with van der Waals surface area (Å²) in [6.07, 6.45) is 0.296. The van der Waals surface area contributed by atoms with Gasteiger partial charge in [0.25, 0.3) is 0 Å². The third-order valence-corrected chi connectivity index (χ3v) is 9.32. The minimum atomic E-state index is -1.13. The lowest BCUT2D eigenvalue weighted by atomic mass is 9.87. The molecule has 2 atom stereocenters. The Hall–Kier alpha value is -3.37. The molecule has 3 aromatic rings. The number of ether oxygens (including phenoxy) is 5. The van der Waals surface area contributed by atoms with Gasteiger partial charge in [0.1, 0.15) is 11.5 Å². The van der Waals surface area contributed by atoms with Crippen LogP contribution in [0.3, 0.4) is 0 Å². The fourth-order valence-electron chi connectivity index (χ4n) is 5.04. The Morgan fingerprint density at radius 1 is 0.841 bits per heavy atom. The van der Waals surface area contributed by atoms with E-state index in [2.05, 4.69) is 43.9 Å². The predicted octanol–water partition coefficient (Wildman–Crippen LogP) is 7.42. The second-order valence-corrected chi connectivity index (χ2v) is 18.0. The lowest BCUT2D eigenvalue weighted by Gasteiger charge is -2.37. The van der Waals surface area contributed by atoms with E-state index in [1.807, 2.05) is 54.6 Å². The summed E-state index contributed by atoms with van der Waals surface area (Å²) in [6.45, 7) is 10.9. The van der Waals surface area contributed by atoms with Crippen molar-refractivity contribution in [2.45, 2.75) is 63.8 Å². The first-order valence-corrected chi connectivity index (χ1v) is 19.2. The molecule has 238 valence electrons. The van der Waals surface area contributed by atoms with Crippen LogP contribution in [0.1, 0.15) is 35.4 Å². The molecule has 4 rings (SSSR count). The van der Waals surface area contributed by atoms with E-state index in [1.165, 1.54) is 4.90 Å².